The topological polar surface area (TPSA) is 99.1 Å². The number of amides is 3. The molecule has 106 valence electrons. The SMILES string of the molecule is N#Cc1ccc(C=CC(=O)NC2CCC(=O)NC2=O)cc1. The van der Waals surface area contributed by atoms with E-state index in [1.54, 1.807) is 30.3 Å². The van der Waals surface area contributed by atoms with Gasteiger partial charge >= 0.3 is 0 Å². The summed E-state index contributed by atoms with van der Waals surface area (Å²) < 4.78 is 0. The molecule has 2 N–H and O–H groups in total. The second-order valence-corrected chi connectivity index (χ2v) is 4.58. The predicted molar refractivity (Wildman–Crippen MR) is 74.5 cm³/mol. The van der Waals surface area contributed by atoms with Crippen molar-refractivity contribution in [2.24, 2.45) is 0 Å². The zero-order valence-electron chi connectivity index (χ0n) is 11.1. The van der Waals surface area contributed by atoms with Crippen LogP contribution in [0.2, 0.25) is 0 Å². The van der Waals surface area contributed by atoms with Gasteiger partial charge in [0.15, 0.2) is 0 Å². The van der Waals surface area contributed by atoms with Gasteiger partial charge in [-0.1, -0.05) is 12.1 Å². The third kappa shape index (κ3) is 4.01. The van der Waals surface area contributed by atoms with Crippen LogP contribution in [0.25, 0.3) is 6.08 Å². The Morgan fingerprint density at radius 2 is 2.05 bits per heavy atom. The van der Waals surface area contributed by atoms with Gasteiger partial charge in [0.05, 0.1) is 11.6 Å². The summed E-state index contributed by atoms with van der Waals surface area (Å²) in [5.74, 6) is -1.21. The maximum atomic E-state index is 11.7. The number of carbonyl (C=O) groups excluding carboxylic acids is 3. The van der Waals surface area contributed by atoms with Crippen LogP contribution in [0, 0.1) is 11.3 Å². The van der Waals surface area contributed by atoms with Crippen molar-refractivity contribution in [2.75, 3.05) is 0 Å². The quantitative estimate of drug-likeness (QED) is 0.623. The van der Waals surface area contributed by atoms with Crippen molar-refractivity contribution in [2.45, 2.75) is 18.9 Å². The van der Waals surface area contributed by atoms with Crippen molar-refractivity contribution in [1.29, 1.82) is 5.26 Å². The smallest absolute Gasteiger partial charge is 0.249 e. The highest BCUT2D eigenvalue weighted by atomic mass is 16.2. The van der Waals surface area contributed by atoms with E-state index in [1.165, 1.54) is 6.08 Å². The molecule has 1 unspecified atom stereocenters. The van der Waals surface area contributed by atoms with Crippen LogP contribution in [0.5, 0.6) is 0 Å². The number of hydrogen-bond donors (Lipinski definition) is 2. The van der Waals surface area contributed by atoms with Gasteiger partial charge in [-0.05, 0) is 30.2 Å². The first-order valence-electron chi connectivity index (χ1n) is 6.41. The lowest BCUT2D eigenvalue weighted by molar-refractivity contribution is -0.136. The highest BCUT2D eigenvalue weighted by Gasteiger charge is 2.27. The second-order valence-electron chi connectivity index (χ2n) is 4.58. The number of imide groups is 1. The molecule has 6 nitrogen and oxygen atoms in total. The fourth-order valence-corrected chi connectivity index (χ4v) is 1.89. The fourth-order valence-electron chi connectivity index (χ4n) is 1.89. The lowest BCUT2D eigenvalue weighted by Gasteiger charge is -2.20. The first kappa shape index (κ1) is 14.5. The molecule has 0 aromatic heterocycles. The molecule has 2 rings (SSSR count). The van der Waals surface area contributed by atoms with Crippen LogP contribution in [0.1, 0.15) is 24.0 Å². The van der Waals surface area contributed by atoms with Crippen molar-refractivity contribution in [3.8, 4) is 6.07 Å². The molecule has 1 aromatic rings. The van der Waals surface area contributed by atoms with Crippen LogP contribution >= 0.6 is 0 Å². The van der Waals surface area contributed by atoms with Gasteiger partial charge < -0.3 is 5.32 Å². The van der Waals surface area contributed by atoms with E-state index in [0.29, 0.717) is 12.0 Å². The average molecular weight is 283 g/mol. The standard InChI is InChI=1S/C15H13N3O3/c16-9-11-3-1-10(2-4-11)5-7-13(19)17-12-6-8-14(20)18-15(12)21/h1-5,7,12H,6,8H2,(H,17,19)(H,18,20,21). The summed E-state index contributed by atoms with van der Waals surface area (Å²) >= 11 is 0. The monoisotopic (exact) mass is 283 g/mol. The Bertz CT molecular complexity index is 641. The molecule has 1 aromatic carbocycles. The Labute approximate surface area is 121 Å². The van der Waals surface area contributed by atoms with Gasteiger partial charge in [-0.3, -0.25) is 19.7 Å². The second kappa shape index (κ2) is 6.48. The van der Waals surface area contributed by atoms with E-state index < -0.39 is 17.9 Å². The molecule has 1 saturated heterocycles. The lowest BCUT2D eigenvalue weighted by atomic mass is 10.1. The molecule has 1 aliphatic heterocycles. The molecule has 1 atom stereocenters. The highest BCUT2D eigenvalue weighted by molar-refractivity contribution is 6.03. The van der Waals surface area contributed by atoms with Crippen molar-refractivity contribution in [3.05, 3.63) is 41.5 Å². The van der Waals surface area contributed by atoms with E-state index in [2.05, 4.69) is 10.6 Å². The Morgan fingerprint density at radius 3 is 2.67 bits per heavy atom. The maximum absolute atomic E-state index is 11.7. The summed E-state index contributed by atoms with van der Waals surface area (Å²) in [5, 5.41) is 13.4. The van der Waals surface area contributed by atoms with Gasteiger partial charge in [0.1, 0.15) is 6.04 Å². The van der Waals surface area contributed by atoms with Gasteiger partial charge in [-0.2, -0.15) is 5.26 Å². The van der Waals surface area contributed by atoms with Crippen molar-refractivity contribution >= 4 is 23.8 Å². The number of nitriles is 1. The maximum Gasteiger partial charge on any atom is 0.249 e. The van der Waals surface area contributed by atoms with Crippen molar-refractivity contribution in [1.82, 2.24) is 10.6 Å². The largest absolute Gasteiger partial charge is 0.341 e. The molecule has 1 aliphatic rings. The molecule has 0 bridgehead atoms. The number of nitrogens with one attached hydrogen (secondary N) is 2. The first-order valence-corrected chi connectivity index (χ1v) is 6.41. The van der Waals surface area contributed by atoms with Gasteiger partial charge in [0, 0.05) is 12.5 Å². The third-order valence-corrected chi connectivity index (χ3v) is 3.02. The number of hydrogen-bond acceptors (Lipinski definition) is 4. The molecule has 0 spiro atoms. The number of nitrogens with zero attached hydrogens (tertiary/aromatic N) is 1. The molecular weight excluding hydrogens is 270 g/mol. The van der Waals surface area contributed by atoms with E-state index in [1.807, 2.05) is 6.07 Å². The Balaban J connectivity index is 1.92. The zero-order chi connectivity index (χ0) is 15.2. The van der Waals surface area contributed by atoms with Crippen LogP contribution in [-0.2, 0) is 14.4 Å². The van der Waals surface area contributed by atoms with Crippen LogP contribution in [0.15, 0.2) is 30.3 Å². The van der Waals surface area contributed by atoms with E-state index in [9.17, 15) is 14.4 Å². The van der Waals surface area contributed by atoms with E-state index in [0.717, 1.165) is 5.56 Å². The summed E-state index contributed by atoms with van der Waals surface area (Å²) in [6, 6.07) is 8.06. The van der Waals surface area contributed by atoms with Crippen LogP contribution in [0.3, 0.4) is 0 Å². The summed E-state index contributed by atoms with van der Waals surface area (Å²) in [4.78, 5) is 34.2. The summed E-state index contributed by atoms with van der Waals surface area (Å²) in [5.41, 5.74) is 1.31. The third-order valence-electron chi connectivity index (χ3n) is 3.02. The highest BCUT2D eigenvalue weighted by Crippen LogP contribution is 2.06. The molecule has 0 radical (unpaired) electrons. The average Bonchev–Trinajstić information content (AvgIpc) is 2.48. The van der Waals surface area contributed by atoms with Crippen molar-refractivity contribution in [3.63, 3.8) is 0 Å². The molecule has 1 heterocycles. The van der Waals surface area contributed by atoms with Gasteiger partial charge in [0.2, 0.25) is 17.7 Å². The molecule has 0 aliphatic carbocycles. The van der Waals surface area contributed by atoms with E-state index >= 15 is 0 Å². The fraction of sp³-hybridized carbons (Fsp3) is 0.200. The van der Waals surface area contributed by atoms with Crippen molar-refractivity contribution < 1.29 is 14.4 Å². The minimum absolute atomic E-state index is 0.218. The molecule has 0 saturated carbocycles. The predicted octanol–water partition coefficient (Wildman–Crippen LogP) is 0.493. The van der Waals surface area contributed by atoms with Crippen LogP contribution in [0.4, 0.5) is 0 Å². The Kier molecular flexibility index (Phi) is 4.46. The Morgan fingerprint density at radius 1 is 1.33 bits per heavy atom. The van der Waals surface area contributed by atoms with Gasteiger partial charge in [-0.25, -0.2) is 0 Å². The van der Waals surface area contributed by atoms with E-state index in [-0.39, 0.29) is 12.3 Å². The minimum Gasteiger partial charge on any atom is -0.341 e. The first-order chi connectivity index (χ1) is 10.1. The summed E-state index contributed by atoms with van der Waals surface area (Å²) in [6.07, 6.45) is 3.42. The van der Waals surface area contributed by atoms with E-state index in [4.69, 9.17) is 5.26 Å². The Hall–Kier alpha value is -2.94. The normalized spacial score (nSPS) is 18.1. The molecule has 6 heteroatoms. The van der Waals surface area contributed by atoms with Crippen LogP contribution < -0.4 is 10.6 Å². The minimum atomic E-state index is -0.680. The van der Waals surface area contributed by atoms with Gasteiger partial charge in [0.25, 0.3) is 0 Å². The van der Waals surface area contributed by atoms with Crippen LogP contribution in [-0.4, -0.2) is 23.8 Å². The lowest BCUT2D eigenvalue weighted by Crippen LogP contribution is -2.51. The van der Waals surface area contributed by atoms with Gasteiger partial charge in [-0.15, -0.1) is 0 Å². The number of piperidine rings is 1. The number of benzene rings is 1. The molecule has 1 fully saturated rings. The molecule has 21 heavy (non-hydrogen) atoms. The summed E-state index contributed by atoms with van der Waals surface area (Å²) in [6.45, 7) is 0. The zero-order valence-corrected chi connectivity index (χ0v) is 11.1. The number of rotatable bonds is 3. The summed E-state index contributed by atoms with van der Waals surface area (Å²) in [7, 11) is 0. The molecular formula is C15H13N3O3. The molecule has 3 amide bonds. The number of carbonyl (C=O) groups is 3.